The van der Waals surface area contributed by atoms with Gasteiger partial charge in [-0.3, -0.25) is 14.5 Å². The van der Waals surface area contributed by atoms with E-state index in [1.807, 2.05) is 25.1 Å². The van der Waals surface area contributed by atoms with Gasteiger partial charge in [0.15, 0.2) is 15.8 Å². The topological polar surface area (TPSA) is 111 Å². The van der Waals surface area contributed by atoms with Gasteiger partial charge in [0, 0.05) is 11.3 Å². The molecule has 0 aliphatic carbocycles. The highest BCUT2D eigenvalue weighted by molar-refractivity contribution is 8.00. The third-order valence-electron chi connectivity index (χ3n) is 7.44. The first-order chi connectivity index (χ1) is 21.9. The zero-order valence-electron chi connectivity index (χ0n) is 24.7. The number of ether oxygens (including phenoxy) is 3. The van der Waals surface area contributed by atoms with Gasteiger partial charge in [-0.05, 0) is 59.2 Å². The number of aliphatic hydroxyl groups is 1. The predicted octanol–water partition coefficient (Wildman–Crippen LogP) is 7.03. The van der Waals surface area contributed by atoms with Gasteiger partial charge in [-0.15, -0.1) is 10.2 Å². The summed E-state index contributed by atoms with van der Waals surface area (Å²) >= 11 is 2.72. The molecule has 1 unspecified atom stereocenters. The molecular weight excluding hydrogens is 611 g/mol. The lowest BCUT2D eigenvalue weighted by Crippen LogP contribution is -2.29. The maximum atomic E-state index is 13.7. The van der Waals surface area contributed by atoms with Crippen LogP contribution in [0.2, 0.25) is 0 Å². The Morgan fingerprint density at radius 1 is 0.933 bits per heavy atom. The Kier molecular flexibility index (Phi) is 8.72. The van der Waals surface area contributed by atoms with E-state index in [1.165, 1.54) is 42.2 Å². The summed E-state index contributed by atoms with van der Waals surface area (Å²) < 4.78 is 17.0. The van der Waals surface area contributed by atoms with Gasteiger partial charge in [0.1, 0.15) is 11.5 Å². The lowest BCUT2D eigenvalue weighted by molar-refractivity contribution is -0.132. The smallest absolute Gasteiger partial charge is 0.301 e. The quantitative estimate of drug-likeness (QED) is 0.0566. The summed E-state index contributed by atoms with van der Waals surface area (Å²) in [5, 5.41) is 22.8. The van der Waals surface area contributed by atoms with E-state index in [1.54, 1.807) is 42.5 Å². The van der Waals surface area contributed by atoms with Gasteiger partial charge in [-0.2, -0.15) is 0 Å². The van der Waals surface area contributed by atoms with Gasteiger partial charge in [-0.25, -0.2) is 0 Å². The first-order valence-corrected chi connectivity index (χ1v) is 15.9. The van der Waals surface area contributed by atoms with Crippen molar-refractivity contribution in [1.82, 2.24) is 10.2 Å². The Morgan fingerprint density at radius 2 is 1.69 bits per heavy atom. The fourth-order valence-corrected chi connectivity index (χ4v) is 7.18. The third kappa shape index (κ3) is 5.84. The fourth-order valence-electron chi connectivity index (χ4n) is 5.31. The molecule has 6 rings (SSSR count). The summed E-state index contributed by atoms with van der Waals surface area (Å²) in [6, 6.07) is 25.3. The van der Waals surface area contributed by atoms with Crippen molar-refractivity contribution in [2.45, 2.75) is 23.1 Å². The molecule has 1 aliphatic rings. The highest BCUT2D eigenvalue weighted by atomic mass is 32.2. The number of amides is 1. The van der Waals surface area contributed by atoms with Crippen LogP contribution in [-0.4, -0.2) is 47.8 Å². The van der Waals surface area contributed by atoms with E-state index in [4.69, 9.17) is 14.2 Å². The SMILES string of the molecule is CCOc1ccc(C2C(=C(O)c3ccc(OC)c(OC)c3)C(=O)C(=O)N2c2nnc(SCc3cccc4ccccc34)s2)cc1. The molecule has 228 valence electrons. The Bertz CT molecular complexity index is 1920. The van der Waals surface area contributed by atoms with E-state index in [9.17, 15) is 14.7 Å². The van der Waals surface area contributed by atoms with Crippen LogP contribution in [0.3, 0.4) is 0 Å². The second-order valence-electron chi connectivity index (χ2n) is 10.0. The van der Waals surface area contributed by atoms with Gasteiger partial charge in [-0.1, -0.05) is 77.7 Å². The van der Waals surface area contributed by atoms with Crippen LogP contribution in [0.1, 0.15) is 29.7 Å². The lowest BCUT2D eigenvalue weighted by Gasteiger charge is -2.23. The van der Waals surface area contributed by atoms with E-state index in [0.717, 1.165) is 16.3 Å². The van der Waals surface area contributed by atoms with Gasteiger partial charge < -0.3 is 19.3 Å². The summed E-state index contributed by atoms with van der Waals surface area (Å²) in [6.45, 7) is 2.37. The van der Waals surface area contributed by atoms with Crippen LogP contribution in [0.15, 0.2) is 94.8 Å². The number of hydrogen-bond donors (Lipinski definition) is 1. The molecule has 0 radical (unpaired) electrons. The Labute approximate surface area is 268 Å². The molecule has 5 aromatic rings. The summed E-state index contributed by atoms with van der Waals surface area (Å²) in [5.74, 6) is 0.132. The van der Waals surface area contributed by atoms with Crippen molar-refractivity contribution in [3.8, 4) is 17.2 Å². The van der Waals surface area contributed by atoms with E-state index in [-0.39, 0.29) is 16.5 Å². The maximum Gasteiger partial charge on any atom is 0.301 e. The summed E-state index contributed by atoms with van der Waals surface area (Å²) in [4.78, 5) is 28.6. The summed E-state index contributed by atoms with van der Waals surface area (Å²) in [6.07, 6.45) is 0. The molecule has 1 aliphatic heterocycles. The Hall–Kier alpha value is -4.87. The Balaban J connectivity index is 1.38. The van der Waals surface area contributed by atoms with Crippen molar-refractivity contribution in [2.24, 2.45) is 0 Å². The zero-order valence-corrected chi connectivity index (χ0v) is 26.4. The highest BCUT2D eigenvalue weighted by Gasteiger charge is 2.48. The largest absolute Gasteiger partial charge is 0.507 e. The van der Waals surface area contributed by atoms with Gasteiger partial charge in [0.2, 0.25) is 5.13 Å². The number of carbonyl (C=O) groups is 2. The number of carbonyl (C=O) groups excluding carboxylic acids is 2. The molecule has 1 aromatic heterocycles. The number of aromatic nitrogens is 2. The van der Waals surface area contributed by atoms with Gasteiger partial charge in [0.05, 0.1) is 32.4 Å². The van der Waals surface area contributed by atoms with Crippen molar-refractivity contribution in [2.75, 3.05) is 25.7 Å². The van der Waals surface area contributed by atoms with Crippen molar-refractivity contribution in [3.63, 3.8) is 0 Å². The number of rotatable bonds is 10. The van der Waals surface area contributed by atoms with E-state index >= 15 is 0 Å². The normalized spacial score (nSPS) is 15.9. The number of fused-ring (bicyclic) bond motifs is 1. The second-order valence-corrected chi connectivity index (χ2v) is 12.2. The van der Waals surface area contributed by atoms with Crippen LogP contribution >= 0.6 is 23.1 Å². The van der Waals surface area contributed by atoms with Crippen LogP contribution in [0, 0.1) is 0 Å². The molecule has 45 heavy (non-hydrogen) atoms. The zero-order chi connectivity index (χ0) is 31.5. The van der Waals surface area contributed by atoms with Gasteiger partial charge >= 0.3 is 5.91 Å². The van der Waals surface area contributed by atoms with Crippen molar-refractivity contribution in [1.29, 1.82) is 0 Å². The molecule has 1 saturated heterocycles. The highest BCUT2D eigenvalue weighted by Crippen LogP contribution is 2.45. The Morgan fingerprint density at radius 3 is 2.44 bits per heavy atom. The summed E-state index contributed by atoms with van der Waals surface area (Å²) in [7, 11) is 2.98. The van der Waals surface area contributed by atoms with Crippen LogP contribution in [0.25, 0.3) is 16.5 Å². The number of ketones is 1. The molecular formula is C34H29N3O6S2. The lowest BCUT2D eigenvalue weighted by atomic mass is 9.95. The van der Waals surface area contributed by atoms with Crippen LogP contribution < -0.4 is 19.1 Å². The number of thioether (sulfide) groups is 1. The number of Topliss-reactive ketones (excluding diaryl/α,β-unsaturated/α-hetero) is 1. The third-order valence-corrected chi connectivity index (χ3v) is 9.55. The van der Waals surface area contributed by atoms with Crippen LogP contribution in [0.5, 0.6) is 17.2 Å². The van der Waals surface area contributed by atoms with Crippen LogP contribution in [0.4, 0.5) is 5.13 Å². The van der Waals surface area contributed by atoms with Crippen molar-refractivity contribution < 1.29 is 28.9 Å². The molecule has 0 saturated carbocycles. The molecule has 1 amide bonds. The van der Waals surface area contributed by atoms with Crippen molar-refractivity contribution in [3.05, 3.63) is 107 Å². The molecule has 1 atom stereocenters. The van der Waals surface area contributed by atoms with E-state index in [2.05, 4.69) is 34.5 Å². The second kappa shape index (κ2) is 13.0. The first-order valence-electron chi connectivity index (χ1n) is 14.1. The molecule has 0 bridgehead atoms. The average Bonchev–Trinajstić information content (AvgIpc) is 3.65. The number of nitrogens with zero attached hydrogens (tertiary/aromatic N) is 3. The monoisotopic (exact) mass is 639 g/mol. The average molecular weight is 640 g/mol. The number of anilines is 1. The minimum atomic E-state index is -0.961. The molecule has 1 fully saturated rings. The number of hydrogen-bond acceptors (Lipinski definition) is 10. The van der Waals surface area contributed by atoms with E-state index < -0.39 is 17.7 Å². The number of methoxy groups -OCH3 is 2. The molecule has 1 N–H and O–H groups in total. The van der Waals surface area contributed by atoms with E-state index in [0.29, 0.717) is 45.1 Å². The molecule has 9 nitrogen and oxygen atoms in total. The number of benzene rings is 4. The number of aliphatic hydroxyl groups excluding tert-OH is 1. The minimum Gasteiger partial charge on any atom is -0.507 e. The van der Waals surface area contributed by atoms with Crippen molar-refractivity contribution >= 4 is 56.5 Å². The molecule has 2 heterocycles. The first kappa shape index (κ1) is 30.2. The molecule has 11 heteroatoms. The molecule has 4 aromatic carbocycles. The maximum absolute atomic E-state index is 13.7. The minimum absolute atomic E-state index is 0.0726. The fraction of sp³-hybridized carbons (Fsp3) is 0.176. The predicted molar refractivity (Wildman–Crippen MR) is 175 cm³/mol. The summed E-state index contributed by atoms with van der Waals surface area (Å²) in [5.41, 5.74) is 1.97. The van der Waals surface area contributed by atoms with Gasteiger partial charge in [0.25, 0.3) is 5.78 Å². The van der Waals surface area contributed by atoms with Crippen LogP contribution in [-0.2, 0) is 15.3 Å². The molecule has 0 spiro atoms. The standard InChI is InChI=1S/C34H29N3O6S2/c1-4-43-24-15-12-21(13-16-24)29-28(30(38)22-14-17-26(41-2)27(18-22)42-3)31(39)32(40)37(29)33-35-36-34(45-33)44-19-23-10-7-9-20-8-5-6-11-25(20)23/h5-18,29,38H,4,19H2,1-3H3.